The zero-order valence-electron chi connectivity index (χ0n) is 12.8. The normalized spacial score (nSPS) is 10.4. The maximum absolute atomic E-state index is 5.42. The first-order valence-electron chi connectivity index (χ1n) is 7.46. The molecule has 0 saturated carbocycles. The summed E-state index contributed by atoms with van der Waals surface area (Å²) in [4.78, 5) is 15.0. The van der Waals surface area contributed by atoms with Gasteiger partial charge in [-0.3, -0.25) is 5.43 Å². The Balaban J connectivity index is 2.67. The topological polar surface area (TPSA) is 92.0 Å². The minimum absolute atomic E-state index is 0.387. The first kappa shape index (κ1) is 16.4. The third-order valence-electron chi connectivity index (χ3n) is 3.11. The third-order valence-corrected chi connectivity index (χ3v) is 3.11. The minimum atomic E-state index is 0.387. The average Bonchev–Trinajstić information content (AvgIpc) is 2.48. The van der Waals surface area contributed by atoms with E-state index >= 15 is 0 Å². The largest absolute Gasteiger partial charge is 0.354 e. The highest BCUT2D eigenvalue weighted by molar-refractivity contribution is 5.43. The summed E-state index contributed by atoms with van der Waals surface area (Å²) < 4.78 is 0. The van der Waals surface area contributed by atoms with Crippen LogP contribution in [0.3, 0.4) is 0 Å². The van der Waals surface area contributed by atoms with Crippen molar-refractivity contribution in [2.24, 2.45) is 5.84 Å². The van der Waals surface area contributed by atoms with Gasteiger partial charge in [0.25, 0.3) is 0 Å². The molecule has 0 aliphatic rings. The number of nitrogens with one attached hydrogen (secondary N) is 2. The molecule has 0 radical (unpaired) electrons. The first-order chi connectivity index (χ1) is 9.74. The molecule has 0 aliphatic carbocycles. The number of nitrogens with zero attached hydrogens (tertiary/aromatic N) is 4. The lowest BCUT2D eigenvalue weighted by molar-refractivity contribution is 0.683. The first-order valence-corrected chi connectivity index (χ1v) is 7.46. The molecular formula is C13H27N7. The second-order valence-electron chi connectivity index (χ2n) is 4.59. The molecule has 114 valence electrons. The molecule has 0 aromatic carbocycles. The SMILES string of the molecule is CCCCCCNc1nc(NN)nc(N(CC)CC)n1. The quantitative estimate of drug-likeness (QED) is 0.343. The van der Waals surface area contributed by atoms with Crippen LogP contribution in [0.1, 0.15) is 46.5 Å². The second kappa shape index (κ2) is 9.30. The van der Waals surface area contributed by atoms with Gasteiger partial charge in [-0.05, 0) is 20.3 Å². The highest BCUT2D eigenvalue weighted by Gasteiger charge is 2.10. The number of hydrogen-bond donors (Lipinski definition) is 3. The van der Waals surface area contributed by atoms with Crippen LogP contribution in [-0.4, -0.2) is 34.6 Å². The van der Waals surface area contributed by atoms with Gasteiger partial charge >= 0.3 is 0 Å². The zero-order chi connectivity index (χ0) is 14.8. The standard InChI is InChI=1S/C13H27N7/c1-4-7-8-9-10-15-11-16-12(19-14)18-13(17-11)20(5-2)6-3/h4-10,14H2,1-3H3,(H2,15,16,17,18,19). The van der Waals surface area contributed by atoms with Crippen molar-refractivity contribution >= 4 is 17.8 Å². The van der Waals surface area contributed by atoms with Gasteiger partial charge < -0.3 is 10.2 Å². The Bertz CT molecular complexity index is 379. The number of aromatic nitrogens is 3. The molecule has 4 N–H and O–H groups in total. The van der Waals surface area contributed by atoms with Gasteiger partial charge in [-0.1, -0.05) is 26.2 Å². The lowest BCUT2D eigenvalue weighted by Gasteiger charge is -2.19. The van der Waals surface area contributed by atoms with Crippen molar-refractivity contribution in [1.82, 2.24) is 15.0 Å². The van der Waals surface area contributed by atoms with Gasteiger partial charge in [-0.15, -0.1) is 0 Å². The van der Waals surface area contributed by atoms with Crippen molar-refractivity contribution < 1.29 is 0 Å². The van der Waals surface area contributed by atoms with E-state index in [1.54, 1.807) is 0 Å². The minimum Gasteiger partial charge on any atom is -0.354 e. The van der Waals surface area contributed by atoms with E-state index in [4.69, 9.17) is 5.84 Å². The summed E-state index contributed by atoms with van der Waals surface area (Å²) in [6.45, 7) is 8.91. The van der Waals surface area contributed by atoms with E-state index in [0.717, 1.165) is 26.1 Å². The number of nitrogens with two attached hydrogens (primary N) is 1. The van der Waals surface area contributed by atoms with Crippen LogP contribution < -0.4 is 21.5 Å². The Hall–Kier alpha value is -1.63. The maximum atomic E-state index is 5.42. The summed E-state index contributed by atoms with van der Waals surface area (Å²) >= 11 is 0. The van der Waals surface area contributed by atoms with Crippen LogP contribution in [0.4, 0.5) is 17.8 Å². The third kappa shape index (κ3) is 5.16. The van der Waals surface area contributed by atoms with E-state index in [9.17, 15) is 0 Å². The van der Waals surface area contributed by atoms with Crippen LogP contribution in [0.5, 0.6) is 0 Å². The number of anilines is 3. The van der Waals surface area contributed by atoms with Crippen molar-refractivity contribution in [3.8, 4) is 0 Å². The smallest absolute Gasteiger partial charge is 0.243 e. The number of nitrogen functional groups attached to an aromatic ring is 1. The molecule has 0 bridgehead atoms. The van der Waals surface area contributed by atoms with E-state index in [-0.39, 0.29) is 0 Å². The second-order valence-corrected chi connectivity index (χ2v) is 4.59. The van der Waals surface area contributed by atoms with Gasteiger partial charge in [0.05, 0.1) is 0 Å². The van der Waals surface area contributed by atoms with Gasteiger partial charge in [-0.2, -0.15) is 15.0 Å². The Kier molecular flexibility index (Phi) is 7.64. The van der Waals surface area contributed by atoms with Crippen molar-refractivity contribution in [3.63, 3.8) is 0 Å². The predicted molar refractivity (Wildman–Crippen MR) is 83.8 cm³/mol. The zero-order valence-corrected chi connectivity index (χ0v) is 12.8. The molecule has 0 fully saturated rings. The molecule has 1 rings (SSSR count). The molecule has 0 spiro atoms. The fourth-order valence-corrected chi connectivity index (χ4v) is 1.91. The molecule has 1 aromatic heterocycles. The molecule has 0 aliphatic heterocycles. The summed E-state index contributed by atoms with van der Waals surface area (Å²) in [5.74, 6) is 7.03. The molecule has 0 saturated heterocycles. The van der Waals surface area contributed by atoms with E-state index in [2.05, 4.69) is 51.4 Å². The van der Waals surface area contributed by atoms with Crippen molar-refractivity contribution in [2.75, 3.05) is 35.3 Å². The van der Waals surface area contributed by atoms with E-state index in [1.165, 1.54) is 19.3 Å². The van der Waals surface area contributed by atoms with Crippen LogP contribution in [0.25, 0.3) is 0 Å². The number of rotatable bonds is 10. The van der Waals surface area contributed by atoms with Crippen LogP contribution >= 0.6 is 0 Å². The monoisotopic (exact) mass is 281 g/mol. The van der Waals surface area contributed by atoms with Crippen LogP contribution in [-0.2, 0) is 0 Å². The molecule has 1 heterocycles. The average molecular weight is 281 g/mol. The predicted octanol–water partition coefficient (Wildman–Crippen LogP) is 2.00. The maximum Gasteiger partial charge on any atom is 0.243 e. The fraction of sp³-hybridized carbons (Fsp3) is 0.769. The molecule has 7 heteroatoms. The van der Waals surface area contributed by atoms with Crippen molar-refractivity contribution in [2.45, 2.75) is 46.5 Å². The van der Waals surface area contributed by atoms with Crippen LogP contribution in [0, 0.1) is 0 Å². The Labute approximate surface area is 121 Å². The highest BCUT2D eigenvalue weighted by atomic mass is 15.4. The molecule has 0 amide bonds. The Morgan fingerprint density at radius 1 is 0.950 bits per heavy atom. The number of hydrogen-bond acceptors (Lipinski definition) is 7. The van der Waals surface area contributed by atoms with Gasteiger partial charge in [0, 0.05) is 19.6 Å². The van der Waals surface area contributed by atoms with Crippen molar-refractivity contribution in [3.05, 3.63) is 0 Å². The van der Waals surface area contributed by atoms with E-state index in [1.807, 2.05) is 0 Å². The Morgan fingerprint density at radius 3 is 2.25 bits per heavy atom. The van der Waals surface area contributed by atoms with E-state index in [0.29, 0.717) is 17.8 Å². The summed E-state index contributed by atoms with van der Waals surface area (Å²) in [5, 5.41) is 3.24. The van der Waals surface area contributed by atoms with Crippen LogP contribution in [0.15, 0.2) is 0 Å². The fourth-order valence-electron chi connectivity index (χ4n) is 1.91. The molecule has 0 unspecified atom stereocenters. The van der Waals surface area contributed by atoms with Gasteiger partial charge in [0.15, 0.2) is 0 Å². The summed E-state index contributed by atoms with van der Waals surface area (Å²) in [6.07, 6.45) is 4.84. The van der Waals surface area contributed by atoms with E-state index < -0.39 is 0 Å². The van der Waals surface area contributed by atoms with Gasteiger partial charge in [0.1, 0.15) is 0 Å². The Morgan fingerprint density at radius 2 is 1.65 bits per heavy atom. The molecular weight excluding hydrogens is 254 g/mol. The number of unbranched alkanes of at least 4 members (excludes halogenated alkanes) is 3. The molecule has 1 aromatic rings. The van der Waals surface area contributed by atoms with Gasteiger partial charge in [0.2, 0.25) is 17.8 Å². The summed E-state index contributed by atoms with van der Waals surface area (Å²) in [5.41, 5.74) is 2.49. The van der Waals surface area contributed by atoms with Crippen LogP contribution in [0.2, 0.25) is 0 Å². The highest BCUT2D eigenvalue weighted by Crippen LogP contribution is 2.13. The lowest BCUT2D eigenvalue weighted by atomic mass is 10.2. The summed E-state index contributed by atoms with van der Waals surface area (Å²) in [6, 6.07) is 0. The van der Waals surface area contributed by atoms with Gasteiger partial charge in [-0.25, -0.2) is 5.84 Å². The molecule has 7 nitrogen and oxygen atoms in total. The molecule has 20 heavy (non-hydrogen) atoms. The molecule has 0 atom stereocenters. The number of hydrazine groups is 1. The lowest BCUT2D eigenvalue weighted by Crippen LogP contribution is -2.26. The van der Waals surface area contributed by atoms with Crippen molar-refractivity contribution in [1.29, 1.82) is 0 Å². The summed E-state index contributed by atoms with van der Waals surface area (Å²) in [7, 11) is 0.